The number of rotatable bonds is 1. The van der Waals surface area contributed by atoms with Crippen molar-refractivity contribution in [1.82, 2.24) is 4.90 Å². The fourth-order valence-corrected chi connectivity index (χ4v) is 3.27. The van der Waals surface area contributed by atoms with Crippen molar-refractivity contribution < 1.29 is 4.79 Å². The van der Waals surface area contributed by atoms with Crippen LogP contribution in [0.25, 0.3) is 0 Å². The van der Waals surface area contributed by atoms with Crippen molar-refractivity contribution in [3.8, 4) is 0 Å². The molecule has 0 aromatic carbocycles. The predicted molar refractivity (Wildman–Crippen MR) is 69.4 cm³/mol. The summed E-state index contributed by atoms with van der Waals surface area (Å²) in [5.41, 5.74) is 6.21. The molecule has 1 saturated heterocycles. The van der Waals surface area contributed by atoms with E-state index in [9.17, 15) is 4.79 Å². The first-order valence-electron chi connectivity index (χ1n) is 7.05. The van der Waals surface area contributed by atoms with Crippen molar-refractivity contribution in [3.05, 3.63) is 0 Å². The summed E-state index contributed by atoms with van der Waals surface area (Å²) < 4.78 is 0. The van der Waals surface area contributed by atoms with Gasteiger partial charge in [-0.1, -0.05) is 27.2 Å². The molecule has 1 amide bonds. The molecule has 2 rings (SSSR count). The number of likely N-dealkylation sites (tertiary alicyclic amines) is 1. The Morgan fingerprint density at radius 3 is 2.24 bits per heavy atom. The minimum atomic E-state index is 0.0717. The Morgan fingerprint density at radius 2 is 1.65 bits per heavy atom. The van der Waals surface area contributed by atoms with Gasteiger partial charge in [-0.3, -0.25) is 4.79 Å². The molecular weight excluding hydrogens is 212 g/mol. The molecule has 1 aliphatic carbocycles. The van der Waals surface area contributed by atoms with Gasteiger partial charge >= 0.3 is 0 Å². The van der Waals surface area contributed by atoms with Crippen molar-refractivity contribution in [2.75, 3.05) is 13.1 Å². The van der Waals surface area contributed by atoms with Crippen LogP contribution in [-0.2, 0) is 4.79 Å². The van der Waals surface area contributed by atoms with Gasteiger partial charge in [0.25, 0.3) is 0 Å². The second kappa shape index (κ2) is 4.97. The highest BCUT2D eigenvalue weighted by molar-refractivity contribution is 5.80. The van der Waals surface area contributed by atoms with Gasteiger partial charge in [-0.25, -0.2) is 0 Å². The van der Waals surface area contributed by atoms with Gasteiger partial charge in [0, 0.05) is 19.1 Å². The fraction of sp³-hybridized carbons (Fsp3) is 0.929. The van der Waals surface area contributed by atoms with E-state index < -0.39 is 0 Å². The van der Waals surface area contributed by atoms with Gasteiger partial charge in [-0.05, 0) is 30.6 Å². The van der Waals surface area contributed by atoms with Crippen molar-refractivity contribution in [2.45, 2.75) is 46.1 Å². The Hall–Kier alpha value is -0.570. The number of hydrogen-bond acceptors (Lipinski definition) is 2. The van der Waals surface area contributed by atoms with Gasteiger partial charge in [0.05, 0.1) is 5.92 Å². The first-order valence-corrected chi connectivity index (χ1v) is 7.05. The quantitative estimate of drug-likeness (QED) is 0.758. The van der Waals surface area contributed by atoms with Crippen LogP contribution in [0.2, 0.25) is 0 Å². The molecule has 2 aliphatic rings. The molecule has 2 N–H and O–H groups in total. The molecule has 1 saturated carbocycles. The van der Waals surface area contributed by atoms with Gasteiger partial charge in [0.15, 0.2) is 0 Å². The van der Waals surface area contributed by atoms with E-state index in [4.69, 9.17) is 5.73 Å². The number of carbonyl (C=O) groups excluding carboxylic acids is 1. The summed E-state index contributed by atoms with van der Waals surface area (Å²) in [5.74, 6) is 2.17. The Morgan fingerprint density at radius 1 is 1.06 bits per heavy atom. The highest BCUT2D eigenvalue weighted by Crippen LogP contribution is 2.31. The number of amides is 1. The van der Waals surface area contributed by atoms with Crippen LogP contribution in [0.3, 0.4) is 0 Å². The van der Waals surface area contributed by atoms with Crippen LogP contribution in [0, 0.1) is 23.7 Å². The van der Waals surface area contributed by atoms with E-state index in [2.05, 4.69) is 25.7 Å². The lowest BCUT2D eigenvalue weighted by molar-refractivity contribution is -0.136. The van der Waals surface area contributed by atoms with Crippen LogP contribution >= 0.6 is 0 Å². The largest absolute Gasteiger partial charge is 0.342 e. The van der Waals surface area contributed by atoms with E-state index in [-0.39, 0.29) is 12.0 Å². The van der Waals surface area contributed by atoms with Crippen LogP contribution in [0.5, 0.6) is 0 Å². The van der Waals surface area contributed by atoms with Crippen LogP contribution < -0.4 is 5.73 Å². The molecule has 1 aliphatic heterocycles. The zero-order chi connectivity index (χ0) is 12.6. The molecule has 5 atom stereocenters. The van der Waals surface area contributed by atoms with Gasteiger partial charge in [0.1, 0.15) is 0 Å². The maximum absolute atomic E-state index is 12.5. The Bertz CT molecular complexity index is 282. The summed E-state index contributed by atoms with van der Waals surface area (Å²) in [6.07, 6.45) is 3.32. The summed E-state index contributed by atoms with van der Waals surface area (Å²) in [7, 11) is 0. The lowest BCUT2D eigenvalue weighted by Gasteiger charge is -2.35. The lowest BCUT2D eigenvalue weighted by atomic mass is 9.77. The standard InChI is InChI=1S/C14H26N2O/c1-9-5-4-6-12(13(9)15)14(17)16-7-10(2)11(3)8-16/h9-13H,4-8,15H2,1-3H3. The summed E-state index contributed by atoms with van der Waals surface area (Å²) in [6, 6.07) is 0.0717. The van der Waals surface area contributed by atoms with Crippen molar-refractivity contribution in [1.29, 1.82) is 0 Å². The molecule has 0 bridgehead atoms. The monoisotopic (exact) mass is 238 g/mol. The topological polar surface area (TPSA) is 46.3 Å². The third-order valence-corrected chi connectivity index (χ3v) is 4.91. The highest BCUT2D eigenvalue weighted by atomic mass is 16.2. The maximum atomic E-state index is 12.5. The Labute approximate surface area is 105 Å². The van der Waals surface area contributed by atoms with Crippen LogP contribution in [0.4, 0.5) is 0 Å². The molecule has 2 fully saturated rings. The van der Waals surface area contributed by atoms with Gasteiger partial charge in [-0.15, -0.1) is 0 Å². The molecule has 0 aromatic heterocycles. The third-order valence-electron chi connectivity index (χ3n) is 4.91. The molecule has 0 aromatic rings. The SMILES string of the molecule is CC1CN(C(=O)C2CCCC(C)C2N)CC1C. The average Bonchev–Trinajstić information content (AvgIpc) is 2.62. The Kier molecular flexibility index (Phi) is 3.76. The zero-order valence-corrected chi connectivity index (χ0v) is 11.4. The van der Waals surface area contributed by atoms with Crippen LogP contribution in [0.1, 0.15) is 40.0 Å². The first-order chi connectivity index (χ1) is 8.00. The smallest absolute Gasteiger partial charge is 0.227 e. The number of nitrogens with two attached hydrogens (primary N) is 1. The molecule has 1 heterocycles. The van der Waals surface area contributed by atoms with Gasteiger partial charge < -0.3 is 10.6 Å². The molecule has 5 unspecified atom stereocenters. The van der Waals surface area contributed by atoms with Gasteiger partial charge in [0.2, 0.25) is 5.91 Å². The summed E-state index contributed by atoms with van der Waals surface area (Å²) in [4.78, 5) is 14.5. The summed E-state index contributed by atoms with van der Waals surface area (Å²) >= 11 is 0. The maximum Gasteiger partial charge on any atom is 0.227 e. The lowest BCUT2D eigenvalue weighted by Crippen LogP contribution is -2.48. The first kappa shape index (κ1) is 12.9. The van der Waals surface area contributed by atoms with E-state index in [1.807, 2.05) is 0 Å². The van der Waals surface area contributed by atoms with Crippen LogP contribution in [-0.4, -0.2) is 29.9 Å². The minimum Gasteiger partial charge on any atom is -0.342 e. The molecular formula is C14H26N2O. The van der Waals surface area contributed by atoms with E-state index >= 15 is 0 Å². The molecule has 98 valence electrons. The normalized spacial score (nSPS) is 42.8. The number of hydrogen-bond donors (Lipinski definition) is 1. The van der Waals surface area contributed by atoms with Crippen LogP contribution in [0.15, 0.2) is 0 Å². The number of nitrogens with zero attached hydrogens (tertiary/aromatic N) is 1. The predicted octanol–water partition coefficient (Wildman–Crippen LogP) is 1.86. The molecule has 17 heavy (non-hydrogen) atoms. The van der Waals surface area contributed by atoms with E-state index in [0.717, 1.165) is 25.9 Å². The van der Waals surface area contributed by atoms with E-state index in [0.29, 0.717) is 23.7 Å². The van der Waals surface area contributed by atoms with Gasteiger partial charge in [-0.2, -0.15) is 0 Å². The summed E-state index contributed by atoms with van der Waals surface area (Å²) in [6.45, 7) is 8.51. The Balaban J connectivity index is 2.00. The third kappa shape index (κ3) is 2.49. The fourth-order valence-electron chi connectivity index (χ4n) is 3.27. The summed E-state index contributed by atoms with van der Waals surface area (Å²) in [5, 5.41) is 0. The molecule has 3 heteroatoms. The zero-order valence-electron chi connectivity index (χ0n) is 11.4. The molecule has 3 nitrogen and oxygen atoms in total. The van der Waals surface area contributed by atoms with E-state index in [1.54, 1.807) is 0 Å². The van der Waals surface area contributed by atoms with Crippen molar-refractivity contribution in [2.24, 2.45) is 29.4 Å². The van der Waals surface area contributed by atoms with Crippen molar-refractivity contribution >= 4 is 5.91 Å². The average molecular weight is 238 g/mol. The number of carbonyl (C=O) groups is 1. The second-order valence-electron chi connectivity index (χ2n) is 6.29. The van der Waals surface area contributed by atoms with Crippen molar-refractivity contribution in [3.63, 3.8) is 0 Å². The molecule has 0 radical (unpaired) electrons. The second-order valence-corrected chi connectivity index (χ2v) is 6.29. The molecule has 0 spiro atoms. The van der Waals surface area contributed by atoms with E-state index in [1.165, 1.54) is 6.42 Å². The minimum absolute atomic E-state index is 0.0717. The highest BCUT2D eigenvalue weighted by Gasteiger charge is 2.38.